The number of hydrogen-bond donors (Lipinski definition) is 1. The second-order valence-electron chi connectivity index (χ2n) is 5.36. The van der Waals surface area contributed by atoms with E-state index in [9.17, 15) is 14.7 Å². The zero-order valence-corrected chi connectivity index (χ0v) is 14.6. The minimum absolute atomic E-state index is 0.0316. The topological polar surface area (TPSA) is 68.5 Å². The van der Waals surface area contributed by atoms with E-state index in [1.165, 1.54) is 23.6 Å². The zero-order chi connectivity index (χ0) is 17.4. The standard InChI is InChI=1S/C18H14BrNO4/c1-10-17(24-11(2)21)15-9-14(22)7-8-16(15)20(10)18(23)12-3-5-13(19)6-4-12/h3-9,22H,1-2H3. The number of carbonyl (C=O) groups excluding carboxylic acids is 2. The van der Waals surface area contributed by atoms with Crippen molar-refractivity contribution in [3.8, 4) is 11.5 Å². The van der Waals surface area contributed by atoms with Crippen LogP contribution in [0.4, 0.5) is 0 Å². The summed E-state index contributed by atoms with van der Waals surface area (Å²) in [4.78, 5) is 24.3. The molecule has 24 heavy (non-hydrogen) atoms. The lowest BCUT2D eigenvalue weighted by molar-refractivity contribution is -0.131. The fourth-order valence-electron chi connectivity index (χ4n) is 2.63. The van der Waals surface area contributed by atoms with Gasteiger partial charge in [-0.15, -0.1) is 0 Å². The van der Waals surface area contributed by atoms with E-state index in [0.29, 0.717) is 22.2 Å². The molecule has 0 saturated heterocycles. The molecule has 0 radical (unpaired) electrons. The molecule has 1 heterocycles. The number of phenols is 1. The molecule has 0 aliphatic heterocycles. The van der Waals surface area contributed by atoms with Gasteiger partial charge in [-0.3, -0.25) is 14.2 Å². The smallest absolute Gasteiger partial charge is 0.308 e. The van der Waals surface area contributed by atoms with Crippen molar-refractivity contribution in [2.45, 2.75) is 13.8 Å². The Hall–Kier alpha value is -2.60. The average molecular weight is 388 g/mol. The molecule has 2 aromatic carbocycles. The quantitative estimate of drug-likeness (QED) is 0.673. The summed E-state index contributed by atoms with van der Waals surface area (Å²) in [5, 5.41) is 10.2. The van der Waals surface area contributed by atoms with Gasteiger partial charge in [-0.1, -0.05) is 15.9 Å². The molecule has 1 aromatic heterocycles. The summed E-state index contributed by atoms with van der Waals surface area (Å²) >= 11 is 3.34. The molecule has 0 amide bonds. The van der Waals surface area contributed by atoms with E-state index < -0.39 is 5.97 Å². The third kappa shape index (κ3) is 2.80. The van der Waals surface area contributed by atoms with Gasteiger partial charge in [-0.05, 0) is 49.4 Å². The first-order valence-electron chi connectivity index (χ1n) is 7.21. The lowest BCUT2D eigenvalue weighted by Crippen LogP contribution is -2.13. The first-order chi connectivity index (χ1) is 11.4. The molecule has 0 saturated carbocycles. The predicted molar refractivity (Wildman–Crippen MR) is 93.5 cm³/mol. The van der Waals surface area contributed by atoms with Gasteiger partial charge >= 0.3 is 5.97 Å². The van der Waals surface area contributed by atoms with Gasteiger partial charge in [0.25, 0.3) is 5.91 Å². The van der Waals surface area contributed by atoms with Crippen molar-refractivity contribution < 1.29 is 19.4 Å². The summed E-state index contributed by atoms with van der Waals surface area (Å²) in [6.45, 7) is 2.99. The number of aromatic nitrogens is 1. The van der Waals surface area contributed by atoms with Crippen molar-refractivity contribution in [2.24, 2.45) is 0 Å². The third-order valence-corrected chi connectivity index (χ3v) is 4.20. The molecule has 0 aliphatic rings. The van der Waals surface area contributed by atoms with Crippen LogP contribution in [0, 0.1) is 6.92 Å². The summed E-state index contributed by atoms with van der Waals surface area (Å²) in [6, 6.07) is 11.6. The number of esters is 1. The molecular weight excluding hydrogens is 374 g/mol. The maximum Gasteiger partial charge on any atom is 0.308 e. The van der Waals surface area contributed by atoms with E-state index in [1.54, 1.807) is 37.3 Å². The summed E-state index contributed by atoms with van der Waals surface area (Å²) < 4.78 is 7.62. The van der Waals surface area contributed by atoms with Crippen LogP contribution in [0.5, 0.6) is 11.5 Å². The van der Waals surface area contributed by atoms with Gasteiger partial charge in [0, 0.05) is 22.3 Å². The minimum atomic E-state index is -0.489. The summed E-state index contributed by atoms with van der Waals surface area (Å²) in [6.07, 6.45) is 0. The van der Waals surface area contributed by atoms with E-state index in [-0.39, 0.29) is 17.4 Å². The predicted octanol–water partition coefficient (Wildman–Crippen LogP) is 4.03. The Labute approximate surface area is 146 Å². The Balaban J connectivity index is 2.24. The Kier molecular flexibility index (Phi) is 4.15. The molecule has 122 valence electrons. The number of fused-ring (bicyclic) bond motifs is 1. The molecule has 0 unspecified atom stereocenters. The zero-order valence-electron chi connectivity index (χ0n) is 13.0. The summed E-state index contributed by atoms with van der Waals surface area (Å²) in [7, 11) is 0. The molecule has 0 atom stereocenters. The second-order valence-corrected chi connectivity index (χ2v) is 6.27. The van der Waals surface area contributed by atoms with Crippen LogP contribution in [0.3, 0.4) is 0 Å². The monoisotopic (exact) mass is 387 g/mol. The fraction of sp³-hybridized carbons (Fsp3) is 0.111. The van der Waals surface area contributed by atoms with E-state index in [4.69, 9.17) is 4.74 Å². The number of carbonyl (C=O) groups is 2. The summed E-state index contributed by atoms with van der Waals surface area (Å²) in [5.74, 6) is -0.423. The minimum Gasteiger partial charge on any atom is -0.508 e. The van der Waals surface area contributed by atoms with Crippen molar-refractivity contribution in [2.75, 3.05) is 0 Å². The highest BCUT2D eigenvalue weighted by Gasteiger charge is 2.22. The molecule has 1 N–H and O–H groups in total. The SMILES string of the molecule is CC(=O)Oc1c(C)n(C(=O)c2ccc(Br)cc2)c2ccc(O)cc12. The van der Waals surface area contributed by atoms with E-state index >= 15 is 0 Å². The maximum absolute atomic E-state index is 12.9. The van der Waals surface area contributed by atoms with Crippen molar-refractivity contribution in [1.29, 1.82) is 0 Å². The number of rotatable bonds is 2. The van der Waals surface area contributed by atoms with Crippen molar-refractivity contribution in [3.05, 3.63) is 58.2 Å². The first kappa shape index (κ1) is 16.3. The van der Waals surface area contributed by atoms with Gasteiger partial charge in [0.1, 0.15) is 5.75 Å². The molecule has 3 rings (SSSR count). The normalized spacial score (nSPS) is 10.8. The molecule has 3 aromatic rings. The number of nitrogens with zero attached hydrogens (tertiary/aromatic N) is 1. The average Bonchev–Trinajstić information content (AvgIpc) is 2.79. The highest BCUT2D eigenvalue weighted by molar-refractivity contribution is 9.10. The third-order valence-electron chi connectivity index (χ3n) is 3.67. The largest absolute Gasteiger partial charge is 0.508 e. The molecule has 0 spiro atoms. The Morgan fingerprint density at radius 3 is 2.42 bits per heavy atom. The number of benzene rings is 2. The molecule has 5 nitrogen and oxygen atoms in total. The molecule has 0 fully saturated rings. The first-order valence-corrected chi connectivity index (χ1v) is 8.00. The molecule has 0 bridgehead atoms. The van der Waals surface area contributed by atoms with Crippen molar-refractivity contribution in [3.63, 3.8) is 0 Å². The van der Waals surface area contributed by atoms with Gasteiger partial charge in [-0.25, -0.2) is 0 Å². The van der Waals surface area contributed by atoms with Crippen LogP contribution in [0.15, 0.2) is 46.9 Å². The lowest BCUT2D eigenvalue weighted by atomic mass is 10.2. The highest BCUT2D eigenvalue weighted by Crippen LogP contribution is 2.35. The van der Waals surface area contributed by atoms with Gasteiger partial charge in [-0.2, -0.15) is 0 Å². The van der Waals surface area contributed by atoms with Crippen LogP contribution < -0.4 is 4.74 Å². The van der Waals surface area contributed by atoms with E-state index in [1.807, 2.05) is 0 Å². The Morgan fingerprint density at radius 2 is 1.79 bits per heavy atom. The van der Waals surface area contributed by atoms with Gasteiger partial charge in [0.15, 0.2) is 5.75 Å². The van der Waals surface area contributed by atoms with E-state index in [2.05, 4.69) is 15.9 Å². The van der Waals surface area contributed by atoms with Gasteiger partial charge < -0.3 is 9.84 Å². The van der Waals surface area contributed by atoms with Crippen LogP contribution in [-0.2, 0) is 4.79 Å². The van der Waals surface area contributed by atoms with Crippen molar-refractivity contribution >= 4 is 38.7 Å². The number of aromatic hydroxyl groups is 1. The van der Waals surface area contributed by atoms with Crippen LogP contribution in [-0.4, -0.2) is 21.6 Å². The summed E-state index contributed by atoms with van der Waals surface area (Å²) in [5.41, 5.74) is 1.56. The number of halogens is 1. The second kappa shape index (κ2) is 6.13. The number of phenolic OH excluding ortho intramolecular Hbond substituents is 1. The van der Waals surface area contributed by atoms with Crippen LogP contribution in [0.2, 0.25) is 0 Å². The molecular formula is C18H14BrNO4. The van der Waals surface area contributed by atoms with Gasteiger partial charge in [0.05, 0.1) is 11.2 Å². The van der Waals surface area contributed by atoms with E-state index in [0.717, 1.165) is 4.47 Å². The molecule has 0 aliphatic carbocycles. The highest BCUT2D eigenvalue weighted by atomic mass is 79.9. The molecule has 6 heteroatoms. The van der Waals surface area contributed by atoms with Crippen molar-refractivity contribution in [1.82, 2.24) is 4.57 Å². The number of hydrogen-bond acceptors (Lipinski definition) is 4. The number of ether oxygens (including phenoxy) is 1. The van der Waals surface area contributed by atoms with Gasteiger partial charge in [0.2, 0.25) is 0 Å². The Morgan fingerprint density at radius 1 is 1.12 bits per heavy atom. The van der Waals surface area contributed by atoms with Crippen LogP contribution >= 0.6 is 15.9 Å². The van der Waals surface area contributed by atoms with Crippen LogP contribution in [0.1, 0.15) is 23.0 Å². The fourth-order valence-corrected chi connectivity index (χ4v) is 2.90. The lowest BCUT2D eigenvalue weighted by Gasteiger charge is -2.07. The van der Waals surface area contributed by atoms with Crippen LogP contribution in [0.25, 0.3) is 10.9 Å². The Bertz CT molecular complexity index is 957. The maximum atomic E-state index is 12.9.